The van der Waals surface area contributed by atoms with Crippen LogP contribution in [0.4, 0.5) is 0 Å². The molecule has 86 valence electrons. The number of hydrogen-bond donors (Lipinski definition) is 2. The van der Waals surface area contributed by atoms with Crippen LogP contribution >= 0.6 is 0 Å². The van der Waals surface area contributed by atoms with Crippen molar-refractivity contribution >= 4 is 22.9 Å². The van der Waals surface area contributed by atoms with Gasteiger partial charge in [-0.2, -0.15) is 0 Å². The van der Waals surface area contributed by atoms with Crippen LogP contribution in [-0.2, 0) is 0 Å². The molecule has 0 amide bonds. The largest absolute Gasteiger partial charge is 0.478 e. The molecule has 0 saturated carbocycles. The molecule has 17 heavy (non-hydrogen) atoms. The molecule has 0 aliphatic rings. The van der Waals surface area contributed by atoms with Crippen molar-refractivity contribution in [3.05, 3.63) is 53.8 Å². The average Bonchev–Trinajstić information content (AvgIpc) is 2.70. The lowest BCUT2D eigenvalue weighted by Gasteiger charge is -1.99. The number of allylic oxidation sites excluding steroid dienone is 2. The van der Waals surface area contributed by atoms with Gasteiger partial charge in [0.25, 0.3) is 0 Å². The van der Waals surface area contributed by atoms with E-state index in [1.807, 2.05) is 37.3 Å². The molecule has 1 aromatic carbocycles. The molecule has 0 unspecified atom stereocenters. The maximum Gasteiger partial charge on any atom is 0.337 e. The summed E-state index contributed by atoms with van der Waals surface area (Å²) in [5.41, 5.74) is 2.92. The van der Waals surface area contributed by atoms with E-state index in [0.717, 1.165) is 22.0 Å². The summed E-state index contributed by atoms with van der Waals surface area (Å²) in [4.78, 5) is 14.1. The number of rotatable bonds is 3. The molecule has 3 nitrogen and oxygen atoms in total. The summed E-state index contributed by atoms with van der Waals surface area (Å²) in [6.07, 6.45) is 5.27. The number of aromatic amines is 1. The zero-order valence-corrected chi connectivity index (χ0v) is 9.53. The molecule has 0 saturated heterocycles. The fourth-order valence-electron chi connectivity index (χ4n) is 1.75. The van der Waals surface area contributed by atoms with Gasteiger partial charge in [-0.1, -0.05) is 36.4 Å². The minimum absolute atomic E-state index is 0.293. The molecule has 0 bridgehead atoms. The highest BCUT2D eigenvalue weighted by atomic mass is 16.4. The van der Waals surface area contributed by atoms with Crippen LogP contribution in [0.25, 0.3) is 17.0 Å². The minimum atomic E-state index is -0.924. The van der Waals surface area contributed by atoms with Crippen LogP contribution in [0.2, 0.25) is 0 Å². The predicted molar refractivity (Wildman–Crippen MR) is 69.1 cm³/mol. The molecule has 2 N–H and O–H groups in total. The fraction of sp³-hybridized carbons (Fsp3) is 0.0714. The molecule has 0 radical (unpaired) electrons. The number of hydrogen-bond acceptors (Lipinski definition) is 1. The minimum Gasteiger partial charge on any atom is -0.478 e. The molecule has 0 spiro atoms. The number of H-pyrrole nitrogens is 1. The van der Waals surface area contributed by atoms with E-state index >= 15 is 0 Å². The van der Waals surface area contributed by atoms with E-state index in [1.165, 1.54) is 6.20 Å². The van der Waals surface area contributed by atoms with Crippen molar-refractivity contribution in [3.8, 4) is 0 Å². The highest BCUT2D eigenvalue weighted by Crippen LogP contribution is 2.24. The molecule has 2 aromatic rings. The highest BCUT2D eigenvalue weighted by molar-refractivity contribution is 6.06. The molecular weight excluding hydrogens is 214 g/mol. The number of nitrogens with one attached hydrogen (secondary N) is 1. The Balaban J connectivity index is 2.66. The van der Waals surface area contributed by atoms with E-state index in [2.05, 4.69) is 11.6 Å². The maximum atomic E-state index is 11.1. The first kappa shape index (κ1) is 11.2. The molecular formula is C14H13NO2. The lowest BCUT2D eigenvalue weighted by atomic mass is 10.1. The Morgan fingerprint density at radius 1 is 1.47 bits per heavy atom. The lowest BCUT2D eigenvalue weighted by Crippen LogP contribution is -1.94. The highest BCUT2D eigenvalue weighted by Gasteiger charge is 2.12. The number of carbonyl (C=O) groups is 1. The van der Waals surface area contributed by atoms with Gasteiger partial charge in [0.2, 0.25) is 0 Å². The molecule has 1 aromatic heterocycles. The molecule has 0 aliphatic carbocycles. The third-order valence-electron chi connectivity index (χ3n) is 2.52. The van der Waals surface area contributed by atoms with Gasteiger partial charge < -0.3 is 10.1 Å². The van der Waals surface area contributed by atoms with Crippen LogP contribution in [0.1, 0.15) is 22.8 Å². The molecule has 0 atom stereocenters. The van der Waals surface area contributed by atoms with Crippen LogP contribution < -0.4 is 0 Å². The summed E-state index contributed by atoms with van der Waals surface area (Å²) in [5.74, 6) is -0.924. The SMILES string of the molecule is C=C(C)/C=C/c1cccc2[nH]cc(C(=O)O)c12. The first-order valence-corrected chi connectivity index (χ1v) is 5.26. The summed E-state index contributed by atoms with van der Waals surface area (Å²) < 4.78 is 0. The van der Waals surface area contributed by atoms with Gasteiger partial charge in [-0.05, 0) is 18.6 Å². The second kappa shape index (κ2) is 4.29. The Morgan fingerprint density at radius 2 is 2.24 bits per heavy atom. The summed E-state index contributed by atoms with van der Waals surface area (Å²) in [6.45, 7) is 5.68. The Labute approximate surface area is 99.1 Å². The monoisotopic (exact) mass is 227 g/mol. The Hall–Kier alpha value is -2.29. The summed E-state index contributed by atoms with van der Waals surface area (Å²) >= 11 is 0. The summed E-state index contributed by atoms with van der Waals surface area (Å²) in [6, 6.07) is 5.64. The third kappa shape index (κ3) is 2.13. The van der Waals surface area contributed by atoms with Gasteiger partial charge in [0.1, 0.15) is 0 Å². The van der Waals surface area contributed by atoms with E-state index < -0.39 is 5.97 Å². The van der Waals surface area contributed by atoms with E-state index in [4.69, 9.17) is 5.11 Å². The lowest BCUT2D eigenvalue weighted by molar-refractivity contribution is 0.0699. The first-order valence-electron chi connectivity index (χ1n) is 5.26. The third-order valence-corrected chi connectivity index (χ3v) is 2.52. The molecule has 2 rings (SSSR count). The number of benzene rings is 1. The van der Waals surface area contributed by atoms with Gasteiger partial charge >= 0.3 is 5.97 Å². The van der Waals surface area contributed by atoms with Crippen molar-refractivity contribution in [1.82, 2.24) is 4.98 Å². The number of carboxylic acids is 1. The molecule has 0 aliphatic heterocycles. The zero-order valence-electron chi connectivity index (χ0n) is 9.53. The first-order chi connectivity index (χ1) is 8.09. The van der Waals surface area contributed by atoms with Crippen molar-refractivity contribution in [2.45, 2.75) is 6.92 Å². The van der Waals surface area contributed by atoms with Gasteiger partial charge in [0.05, 0.1) is 5.56 Å². The Kier molecular flexibility index (Phi) is 2.83. The smallest absolute Gasteiger partial charge is 0.337 e. The Bertz CT molecular complexity index is 620. The second-order valence-corrected chi connectivity index (χ2v) is 3.96. The van der Waals surface area contributed by atoms with Crippen molar-refractivity contribution in [3.63, 3.8) is 0 Å². The second-order valence-electron chi connectivity index (χ2n) is 3.96. The van der Waals surface area contributed by atoms with Crippen LogP contribution in [0.5, 0.6) is 0 Å². The van der Waals surface area contributed by atoms with E-state index in [1.54, 1.807) is 0 Å². The normalized spacial score (nSPS) is 11.1. The average molecular weight is 227 g/mol. The van der Waals surface area contributed by atoms with Crippen LogP contribution in [0, 0.1) is 0 Å². The van der Waals surface area contributed by atoms with Gasteiger partial charge in [-0.3, -0.25) is 0 Å². The van der Waals surface area contributed by atoms with Crippen LogP contribution in [0.15, 0.2) is 42.6 Å². The fourth-order valence-corrected chi connectivity index (χ4v) is 1.75. The topological polar surface area (TPSA) is 53.1 Å². The van der Waals surface area contributed by atoms with Crippen molar-refractivity contribution in [1.29, 1.82) is 0 Å². The van der Waals surface area contributed by atoms with Crippen LogP contribution in [-0.4, -0.2) is 16.1 Å². The van der Waals surface area contributed by atoms with Crippen molar-refractivity contribution in [2.75, 3.05) is 0 Å². The molecule has 1 heterocycles. The summed E-state index contributed by atoms with van der Waals surface area (Å²) in [5, 5.41) is 9.85. The standard InChI is InChI=1S/C14H13NO2/c1-9(2)6-7-10-4-3-5-12-13(10)11(8-15-12)14(16)17/h3-8,15H,1H2,2H3,(H,16,17)/b7-6+. The van der Waals surface area contributed by atoms with E-state index in [0.29, 0.717) is 5.56 Å². The van der Waals surface area contributed by atoms with Gasteiger partial charge in [0.15, 0.2) is 0 Å². The zero-order chi connectivity index (χ0) is 12.4. The van der Waals surface area contributed by atoms with Gasteiger partial charge in [0, 0.05) is 17.1 Å². The molecule has 3 heteroatoms. The number of aromatic carboxylic acids is 1. The van der Waals surface area contributed by atoms with Gasteiger partial charge in [-0.15, -0.1) is 0 Å². The predicted octanol–water partition coefficient (Wildman–Crippen LogP) is 3.46. The maximum absolute atomic E-state index is 11.1. The number of fused-ring (bicyclic) bond motifs is 1. The summed E-state index contributed by atoms with van der Waals surface area (Å²) in [7, 11) is 0. The molecule has 0 fully saturated rings. The quantitative estimate of drug-likeness (QED) is 0.789. The van der Waals surface area contributed by atoms with Crippen molar-refractivity contribution in [2.24, 2.45) is 0 Å². The van der Waals surface area contributed by atoms with Crippen molar-refractivity contribution < 1.29 is 9.90 Å². The van der Waals surface area contributed by atoms with E-state index in [9.17, 15) is 4.79 Å². The Morgan fingerprint density at radius 3 is 2.88 bits per heavy atom. The number of carboxylic acid groups (broad SMARTS) is 1. The van der Waals surface area contributed by atoms with Gasteiger partial charge in [-0.25, -0.2) is 4.79 Å². The van der Waals surface area contributed by atoms with Crippen LogP contribution in [0.3, 0.4) is 0 Å². The number of aromatic nitrogens is 1. The van der Waals surface area contributed by atoms with E-state index in [-0.39, 0.29) is 0 Å².